The van der Waals surface area contributed by atoms with Gasteiger partial charge in [-0.15, -0.1) is 0 Å². The van der Waals surface area contributed by atoms with Crippen molar-refractivity contribution in [2.45, 2.75) is 65.0 Å². The fraction of sp³-hybridized carbons (Fsp3) is 0.923. The number of hydrogen-bond donors (Lipinski definition) is 1. The maximum Gasteiger partial charge on any atom is 0.307 e. The molecule has 0 aromatic rings. The summed E-state index contributed by atoms with van der Waals surface area (Å²) >= 11 is 0. The van der Waals surface area contributed by atoms with Crippen LogP contribution < -0.4 is 0 Å². The van der Waals surface area contributed by atoms with Gasteiger partial charge >= 0.3 is 5.97 Å². The van der Waals surface area contributed by atoms with Crippen LogP contribution in [-0.4, -0.2) is 33.6 Å². The molecular weight excluding hydrogens is 202 g/mol. The number of carboxylic acid groups (broad SMARTS) is 1. The second-order valence-electron chi connectivity index (χ2n) is 6.33. The second kappa shape index (κ2) is 4.36. The molecule has 1 saturated heterocycles. The Kier molecular flexibility index (Phi) is 3.68. The van der Waals surface area contributed by atoms with Crippen molar-refractivity contribution < 1.29 is 9.90 Å². The summed E-state index contributed by atoms with van der Waals surface area (Å²) in [6.45, 7) is 11.3. The van der Waals surface area contributed by atoms with Crippen LogP contribution in [0.5, 0.6) is 0 Å². The van der Waals surface area contributed by atoms with Gasteiger partial charge in [-0.2, -0.15) is 0 Å². The largest absolute Gasteiger partial charge is 0.481 e. The van der Waals surface area contributed by atoms with E-state index in [9.17, 15) is 4.79 Å². The van der Waals surface area contributed by atoms with Gasteiger partial charge < -0.3 is 5.11 Å². The van der Waals surface area contributed by atoms with E-state index < -0.39 is 5.97 Å². The van der Waals surface area contributed by atoms with Gasteiger partial charge in [0, 0.05) is 17.6 Å². The standard InChI is InChI=1S/C13H25NO2/c1-10(11(15)16)9-14-12(2,3)7-6-8-13(14,4)5/h10H,6-9H2,1-5H3,(H,15,16). The summed E-state index contributed by atoms with van der Waals surface area (Å²) in [6.07, 6.45) is 3.55. The summed E-state index contributed by atoms with van der Waals surface area (Å²) in [5, 5.41) is 9.03. The van der Waals surface area contributed by atoms with E-state index in [0.717, 1.165) is 12.8 Å². The third kappa shape index (κ3) is 2.76. The van der Waals surface area contributed by atoms with E-state index in [0.29, 0.717) is 6.54 Å². The highest BCUT2D eigenvalue weighted by Gasteiger charge is 2.42. The zero-order valence-electron chi connectivity index (χ0n) is 11.2. The van der Waals surface area contributed by atoms with Gasteiger partial charge in [0.1, 0.15) is 0 Å². The van der Waals surface area contributed by atoms with Crippen molar-refractivity contribution in [1.82, 2.24) is 4.90 Å². The SMILES string of the molecule is CC(CN1C(C)(C)CCCC1(C)C)C(=O)O. The molecule has 1 aliphatic rings. The van der Waals surface area contributed by atoms with Crippen LogP contribution in [0.15, 0.2) is 0 Å². The predicted octanol–water partition coefficient (Wildman–Crippen LogP) is 2.75. The minimum absolute atomic E-state index is 0.117. The molecule has 1 atom stereocenters. The molecule has 3 nitrogen and oxygen atoms in total. The maximum atomic E-state index is 11.0. The molecule has 0 bridgehead atoms. The first-order chi connectivity index (χ1) is 7.17. The van der Waals surface area contributed by atoms with Crippen LogP contribution in [-0.2, 0) is 4.79 Å². The van der Waals surface area contributed by atoms with Crippen molar-refractivity contribution in [3.63, 3.8) is 0 Å². The zero-order valence-corrected chi connectivity index (χ0v) is 11.2. The third-order valence-electron chi connectivity index (χ3n) is 3.92. The number of piperidine rings is 1. The lowest BCUT2D eigenvalue weighted by Crippen LogP contribution is -2.60. The van der Waals surface area contributed by atoms with Crippen molar-refractivity contribution in [2.24, 2.45) is 5.92 Å². The number of rotatable bonds is 3. The van der Waals surface area contributed by atoms with Crippen LogP contribution in [0.25, 0.3) is 0 Å². The summed E-state index contributed by atoms with van der Waals surface area (Å²) in [7, 11) is 0. The lowest BCUT2D eigenvalue weighted by molar-refractivity contribution is -0.143. The first-order valence-corrected chi connectivity index (χ1v) is 6.17. The molecule has 0 aromatic heterocycles. The molecule has 1 fully saturated rings. The molecule has 94 valence electrons. The third-order valence-corrected chi connectivity index (χ3v) is 3.92. The Hall–Kier alpha value is -0.570. The Morgan fingerprint density at radius 3 is 2.06 bits per heavy atom. The molecular formula is C13H25NO2. The van der Waals surface area contributed by atoms with E-state index >= 15 is 0 Å². The molecule has 1 rings (SSSR count). The number of likely N-dealkylation sites (tertiary alicyclic amines) is 1. The Bertz CT molecular complexity index is 255. The quantitative estimate of drug-likeness (QED) is 0.806. The van der Waals surface area contributed by atoms with Gasteiger partial charge in [-0.1, -0.05) is 6.92 Å². The highest BCUT2D eigenvalue weighted by molar-refractivity contribution is 5.69. The van der Waals surface area contributed by atoms with Crippen LogP contribution in [0.1, 0.15) is 53.9 Å². The molecule has 0 aromatic carbocycles. The molecule has 1 unspecified atom stereocenters. The van der Waals surface area contributed by atoms with E-state index in [4.69, 9.17) is 5.11 Å². The Morgan fingerprint density at radius 2 is 1.69 bits per heavy atom. The van der Waals surface area contributed by atoms with E-state index in [1.807, 2.05) is 0 Å². The molecule has 0 amide bonds. The first kappa shape index (κ1) is 13.5. The Labute approximate surface area is 98.8 Å². The van der Waals surface area contributed by atoms with E-state index in [2.05, 4.69) is 32.6 Å². The number of carboxylic acids is 1. The number of nitrogens with zero attached hydrogens (tertiary/aromatic N) is 1. The van der Waals surface area contributed by atoms with Gasteiger partial charge in [0.05, 0.1) is 5.92 Å². The van der Waals surface area contributed by atoms with Crippen LogP contribution in [0.4, 0.5) is 0 Å². The van der Waals surface area contributed by atoms with Crippen LogP contribution in [0, 0.1) is 5.92 Å². The molecule has 3 heteroatoms. The molecule has 1 N–H and O–H groups in total. The Morgan fingerprint density at radius 1 is 1.25 bits per heavy atom. The smallest absolute Gasteiger partial charge is 0.307 e. The predicted molar refractivity (Wildman–Crippen MR) is 65.5 cm³/mol. The van der Waals surface area contributed by atoms with E-state index in [-0.39, 0.29) is 17.0 Å². The fourth-order valence-corrected chi connectivity index (χ4v) is 2.89. The van der Waals surface area contributed by atoms with Crippen molar-refractivity contribution in [3.05, 3.63) is 0 Å². The van der Waals surface area contributed by atoms with Crippen molar-refractivity contribution in [1.29, 1.82) is 0 Å². The summed E-state index contributed by atoms with van der Waals surface area (Å²) < 4.78 is 0. The Balaban J connectivity index is 2.83. The topological polar surface area (TPSA) is 40.5 Å². The lowest BCUT2D eigenvalue weighted by Gasteiger charge is -2.53. The molecule has 1 aliphatic heterocycles. The normalized spacial score (nSPS) is 26.3. The van der Waals surface area contributed by atoms with Gasteiger partial charge in [0.2, 0.25) is 0 Å². The monoisotopic (exact) mass is 227 g/mol. The molecule has 0 saturated carbocycles. The van der Waals surface area contributed by atoms with E-state index in [1.54, 1.807) is 6.92 Å². The average molecular weight is 227 g/mol. The van der Waals surface area contributed by atoms with Crippen LogP contribution in [0.3, 0.4) is 0 Å². The summed E-state index contributed by atoms with van der Waals surface area (Å²) in [6, 6.07) is 0. The molecule has 16 heavy (non-hydrogen) atoms. The van der Waals surface area contributed by atoms with Crippen molar-refractivity contribution >= 4 is 5.97 Å². The summed E-state index contributed by atoms with van der Waals surface area (Å²) in [5.74, 6) is -0.992. The molecule has 0 spiro atoms. The zero-order chi connectivity index (χ0) is 12.6. The highest BCUT2D eigenvalue weighted by Crippen LogP contribution is 2.38. The summed E-state index contributed by atoms with van der Waals surface area (Å²) in [4.78, 5) is 13.3. The second-order valence-corrected chi connectivity index (χ2v) is 6.33. The molecule has 0 radical (unpaired) electrons. The first-order valence-electron chi connectivity index (χ1n) is 6.17. The number of aliphatic carboxylic acids is 1. The van der Waals surface area contributed by atoms with E-state index in [1.165, 1.54) is 6.42 Å². The molecule has 1 heterocycles. The minimum atomic E-state index is -0.697. The fourth-order valence-electron chi connectivity index (χ4n) is 2.89. The highest BCUT2D eigenvalue weighted by atomic mass is 16.4. The number of carbonyl (C=O) groups is 1. The van der Waals surface area contributed by atoms with Crippen LogP contribution >= 0.6 is 0 Å². The van der Waals surface area contributed by atoms with Gasteiger partial charge in [-0.3, -0.25) is 9.69 Å². The van der Waals surface area contributed by atoms with Gasteiger partial charge in [-0.25, -0.2) is 0 Å². The van der Waals surface area contributed by atoms with Gasteiger partial charge in [0.15, 0.2) is 0 Å². The molecule has 0 aliphatic carbocycles. The van der Waals surface area contributed by atoms with Gasteiger partial charge in [-0.05, 0) is 47.0 Å². The van der Waals surface area contributed by atoms with Crippen molar-refractivity contribution in [2.75, 3.05) is 6.54 Å². The van der Waals surface area contributed by atoms with Gasteiger partial charge in [0.25, 0.3) is 0 Å². The lowest BCUT2D eigenvalue weighted by atomic mass is 9.79. The summed E-state index contributed by atoms with van der Waals surface area (Å²) in [5.41, 5.74) is 0.233. The minimum Gasteiger partial charge on any atom is -0.481 e. The number of hydrogen-bond acceptors (Lipinski definition) is 2. The maximum absolute atomic E-state index is 11.0. The average Bonchev–Trinajstić information content (AvgIpc) is 2.10. The van der Waals surface area contributed by atoms with Crippen LogP contribution in [0.2, 0.25) is 0 Å². The van der Waals surface area contributed by atoms with Crippen molar-refractivity contribution in [3.8, 4) is 0 Å².